The van der Waals surface area contributed by atoms with Crippen LogP contribution in [-0.2, 0) is 12.4 Å². The molecule has 0 radical (unpaired) electrons. The molecule has 0 aliphatic heterocycles. The van der Waals surface area contributed by atoms with Gasteiger partial charge >= 0.3 is 12.4 Å². The van der Waals surface area contributed by atoms with Crippen molar-refractivity contribution in [3.8, 4) is 28.8 Å². The summed E-state index contributed by atoms with van der Waals surface area (Å²) in [6.45, 7) is 0. The normalized spacial score (nSPS) is 11.5. The molecule has 23 heteroatoms. The van der Waals surface area contributed by atoms with Crippen LogP contribution in [0.5, 0.6) is 5.88 Å². The Kier molecular flexibility index (Phi) is 11.9. The number of methoxy groups -OCH3 is 1. The van der Waals surface area contributed by atoms with Crippen molar-refractivity contribution in [3.05, 3.63) is 129 Å². The fourth-order valence-electron chi connectivity index (χ4n) is 4.64. The first-order chi connectivity index (χ1) is 27.0. The van der Waals surface area contributed by atoms with Crippen LogP contribution in [0.15, 0.2) is 96.0 Å². The molecule has 5 aromatic heterocycles. The number of alkyl halides is 6. The lowest BCUT2D eigenvalue weighted by atomic mass is 10.2. The van der Waals surface area contributed by atoms with Crippen molar-refractivity contribution in [1.29, 1.82) is 0 Å². The van der Waals surface area contributed by atoms with Gasteiger partial charge in [-0.15, -0.1) is 0 Å². The molecule has 2 aromatic carbocycles. The minimum absolute atomic E-state index is 0.0263. The van der Waals surface area contributed by atoms with E-state index in [2.05, 4.69) is 61.7 Å². The second-order valence-corrected chi connectivity index (χ2v) is 12.8. The van der Waals surface area contributed by atoms with Crippen LogP contribution in [0.2, 0.25) is 10.0 Å². The third kappa shape index (κ3) is 9.91. The topological polar surface area (TPSA) is 133 Å². The molecule has 0 atom stereocenters. The minimum Gasteiger partial charge on any atom is -0.481 e. The standard InChI is InChI=1S/C20H13ClF4N6O.C14H7BrClF4N5/c1-32-17-4-2-3-15(28-17)12-10-26-19(27-11-5-6-14(22)13(21)9-11)29-18(12)31-8-7-16(30-31)20(23,24)25;15-8-6-21-13(22-7-1-2-10(17)9(16)5-7)23-12(8)25-4-3-11(24-25)14(18,19)20/h2-10H,1H3,(H,26,27,29);1-6H,(H,21,22,23). The van der Waals surface area contributed by atoms with Crippen molar-refractivity contribution in [2.75, 3.05) is 17.7 Å². The lowest BCUT2D eigenvalue weighted by molar-refractivity contribution is -0.142. The molecule has 0 amide bonds. The van der Waals surface area contributed by atoms with Gasteiger partial charge in [-0.2, -0.15) is 46.5 Å². The van der Waals surface area contributed by atoms with E-state index in [1.807, 2.05) is 0 Å². The lowest BCUT2D eigenvalue weighted by Gasteiger charge is -2.12. The van der Waals surface area contributed by atoms with Gasteiger partial charge in [0.2, 0.25) is 17.8 Å². The molecule has 57 heavy (non-hydrogen) atoms. The fraction of sp³-hybridized carbons (Fsp3) is 0.0882. The predicted octanol–water partition coefficient (Wildman–Crippen LogP) is 10.3. The maximum Gasteiger partial charge on any atom is 0.435 e. The molecule has 7 aromatic rings. The largest absolute Gasteiger partial charge is 0.481 e. The number of pyridine rings is 1. The minimum atomic E-state index is -4.63. The quantitative estimate of drug-likeness (QED) is 0.142. The molecule has 0 saturated carbocycles. The highest BCUT2D eigenvalue weighted by atomic mass is 79.9. The fourth-order valence-corrected chi connectivity index (χ4v) is 5.37. The third-order valence-electron chi connectivity index (χ3n) is 7.25. The molecule has 0 aliphatic rings. The van der Waals surface area contributed by atoms with Crippen LogP contribution in [0.3, 0.4) is 0 Å². The molecular weight excluding hydrogens is 881 g/mol. The summed E-state index contributed by atoms with van der Waals surface area (Å²) in [4.78, 5) is 20.9. The molecule has 12 nitrogen and oxygen atoms in total. The summed E-state index contributed by atoms with van der Waals surface area (Å²) < 4.78 is 111. The van der Waals surface area contributed by atoms with Gasteiger partial charge in [-0.25, -0.2) is 33.1 Å². The molecule has 7 rings (SSSR count). The molecule has 0 aliphatic carbocycles. The number of hydrogen-bond acceptors (Lipinski definition) is 10. The van der Waals surface area contributed by atoms with Crippen molar-refractivity contribution in [3.63, 3.8) is 0 Å². The highest BCUT2D eigenvalue weighted by Gasteiger charge is 2.35. The summed E-state index contributed by atoms with van der Waals surface area (Å²) >= 11 is 14.7. The second-order valence-electron chi connectivity index (χ2n) is 11.2. The zero-order chi connectivity index (χ0) is 41.1. The van der Waals surface area contributed by atoms with Gasteiger partial charge in [-0.05, 0) is 70.5 Å². The Hall–Kier alpha value is -5.93. The summed E-state index contributed by atoms with van der Waals surface area (Å²) in [5.74, 6) is -0.653. The van der Waals surface area contributed by atoms with E-state index < -0.39 is 35.4 Å². The van der Waals surface area contributed by atoms with Crippen molar-refractivity contribution in [2.45, 2.75) is 12.4 Å². The van der Waals surface area contributed by atoms with E-state index in [0.29, 0.717) is 33.0 Å². The summed E-state index contributed by atoms with van der Waals surface area (Å²) in [5.41, 5.74) is -0.663. The van der Waals surface area contributed by atoms with Crippen LogP contribution in [-0.4, -0.2) is 51.6 Å². The Morgan fingerprint density at radius 1 is 0.667 bits per heavy atom. The van der Waals surface area contributed by atoms with Gasteiger partial charge in [0.05, 0.1) is 32.9 Å². The Labute approximate surface area is 333 Å². The van der Waals surface area contributed by atoms with Crippen molar-refractivity contribution >= 4 is 62.4 Å². The van der Waals surface area contributed by atoms with Crippen molar-refractivity contribution < 1.29 is 39.9 Å². The maximum atomic E-state index is 13.4. The maximum absolute atomic E-state index is 13.4. The van der Waals surface area contributed by atoms with Crippen LogP contribution >= 0.6 is 39.1 Å². The van der Waals surface area contributed by atoms with E-state index in [0.717, 1.165) is 46.0 Å². The average molecular weight is 901 g/mol. The molecular formula is C34H20BrCl2F8N11O. The van der Waals surface area contributed by atoms with Gasteiger partial charge in [0, 0.05) is 42.2 Å². The Balaban J connectivity index is 0.000000199. The van der Waals surface area contributed by atoms with Crippen LogP contribution in [0.1, 0.15) is 11.4 Å². The van der Waals surface area contributed by atoms with E-state index in [9.17, 15) is 35.1 Å². The highest BCUT2D eigenvalue weighted by Crippen LogP contribution is 2.32. The smallest absolute Gasteiger partial charge is 0.435 e. The average Bonchev–Trinajstić information content (AvgIpc) is 3.88. The highest BCUT2D eigenvalue weighted by molar-refractivity contribution is 9.10. The molecule has 0 bridgehead atoms. The summed E-state index contributed by atoms with van der Waals surface area (Å²) in [5, 5.41) is 12.5. The van der Waals surface area contributed by atoms with Gasteiger partial charge in [0.25, 0.3) is 0 Å². The number of nitrogens with one attached hydrogen (secondary N) is 2. The van der Waals surface area contributed by atoms with E-state index in [-0.39, 0.29) is 33.6 Å². The Morgan fingerprint density at radius 3 is 1.67 bits per heavy atom. The van der Waals surface area contributed by atoms with Crippen LogP contribution in [0, 0.1) is 11.6 Å². The first-order valence-corrected chi connectivity index (χ1v) is 17.1. The summed E-state index contributed by atoms with van der Waals surface area (Å²) in [6, 6.07) is 14.4. The summed E-state index contributed by atoms with van der Waals surface area (Å²) in [7, 11) is 1.44. The molecule has 0 unspecified atom stereocenters. The first kappa shape index (κ1) is 40.7. The van der Waals surface area contributed by atoms with E-state index in [1.54, 1.807) is 18.2 Å². The lowest BCUT2D eigenvalue weighted by Crippen LogP contribution is -2.10. The molecule has 2 N–H and O–H groups in total. The number of aromatic nitrogens is 9. The number of ether oxygens (including phenoxy) is 1. The number of rotatable bonds is 8. The van der Waals surface area contributed by atoms with E-state index in [1.165, 1.54) is 43.8 Å². The van der Waals surface area contributed by atoms with Crippen LogP contribution in [0.4, 0.5) is 58.4 Å². The number of anilines is 4. The van der Waals surface area contributed by atoms with Crippen molar-refractivity contribution in [2.24, 2.45) is 0 Å². The predicted molar refractivity (Wildman–Crippen MR) is 195 cm³/mol. The van der Waals surface area contributed by atoms with Gasteiger partial charge in [-0.1, -0.05) is 29.3 Å². The zero-order valence-corrected chi connectivity index (χ0v) is 31.3. The van der Waals surface area contributed by atoms with Crippen molar-refractivity contribution in [1.82, 2.24) is 44.5 Å². The molecule has 294 valence electrons. The molecule has 5 heterocycles. The summed E-state index contributed by atoms with van der Waals surface area (Å²) in [6.07, 6.45) is -4.19. The molecule has 0 saturated heterocycles. The number of benzene rings is 2. The Bertz CT molecular complexity index is 2550. The zero-order valence-electron chi connectivity index (χ0n) is 28.3. The third-order valence-corrected chi connectivity index (χ3v) is 8.39. The molecule has 0 fully saturated rings. The van der Waals surface area contributed by atoms with Crippen LogP contribution < -0.4 is 15.4 Å². The Morgan fingerprint density at radius 2 is 1.18 bits per heavy atom. The van der Waals surface area contributed by atoms with Gasteiger partial charge < -0.3 is 15.4 Å². The van der Waals surface area contributed by atoms with Gasteiger partial charge in [0.15, 0.2) is 23.0 Å². The second kappa shape index (κ2) is 16.7. The van der Waals surface area contributed by atoms with E-state index in [4.69, 9.17) is 27.9 Å². The molecule has 0 spiro atoms. The number of halogens is 11. The van der Waals surface area contributed by atoms with Gasteiger partial charge in [-0.3, -0.25) is 0 Å². The first-order valence-electron chi connectivity index (χ1n) is 15.6. The SMILES string of the molecule is COc1cccc(-c2cnc(Nc3ccc(F)c(Cl)c3)nc2-n2ccc(C(F)(F)F)n2)n1.Fc1ccc(Nc2ncc(Br)c(-n3ccc(C(F)(F)F)n3)n2)cc1Cl. The number of hydrogen-bond donors (Lipinski definition) is 2. The van der Waals surface area contributed by atoms with Crippen LogP contribution in [0.25, 0.3) is 22.9 Å². The monoisotopic (exact) mass is 899 g/mol. The van der Waals surface area contributed by atoms with E-state index >= 15 is 0 Å². The van der Waals surface area contributed by atoms with Gasteiger partial charge in [0.1, 0.15) is 11.6 Å². The number of nitrogens with zero attached hydrogens (tertiary/aromatic N) is 9.